The van der Waals surface area contributed by atoms with Crippen LogP contribution in [-0.2, 0) is 5.54 Å². The number of para-hydroxylation sites is 2. The zero-order chi connectivity index (χ0) is 16.4. The van der Waals surface area contributed by atoms with Crippen LogP contribution in [0.1, 0.15) is 37.1 Å². The average molecular weight is 319 g/mol. The molecule has 0 aliphatic heterocycles. The van der Waals surface area contributed by atoms with Crippen molar-refractivity contribution in [3.8, 4) is 5.69 Å². The Morgan fingerprint density at radius 1 is 0.958 bits per heavy atom. The molecule has 1 aliphatic rings. The topological polar surface area (TPSA) is 55.6 Å². The van der Waals surface area contributed by atoms with Gasteiger partial charge in [-0.1, -0.05) is 49.2 Å². The highest BCUT2D eigenvalue weighted by Crippen LogP contribution is 2.41. The van der Waals surface area contributed by atoms with E-state index in [1.165, 1.54) is 18.4 Å². The van der Waals surface area contributed by atoms with Gasteiger partial charge < -0.3 is 5.32 Å². The van der Waals surface area contributed by atoms with Crippen LogP contribution in [0.2, 0.25) is 0 Å². The molecule has 1 saturated carbocycles. The van der Waals surface area contributed by atoms with Gasteiger partial charge in [0, 0.05) is 5.69 Å². The fraction of sp³-hybridized carbons (Fsp3) is 0.316. The number of tetrazole rings is 1. The van der Waals surface area contributed by atoms with Crippen LogP contribution in [0.25, 0.3) is 5.69 Å². The molecule has 0 spiro atoms. The third-order valence-electron chi connectivity index (χ3n) is 4.87. The highest BCUT2D eigenvalue weighted by molar-refractivity contribution is 5.53. The maximum atomic E-state index is 4.41. The van der Waals surface area contributed by atoms with Gasteiger partial charge in [0.15, 0.2) is 5.82 Å². The summed E-state index contributed by atoms with van der Waals surface area (Å²) in [7, 11) is 0. The van der Waals surface area contributed by atoms with Crippen LogP contribution in [0.15, 0.2) is 54.6 Å². The van der Waals surface area contributed by atoms with E-state index >= 15 is 0 Å². The zero-order valence-electron chi connectivity index (χ0n) is 13.8. The lowest BCUT2D eigenvalue weighted by atomic mass is 9.95. The molecule has 1 aliphatic carbocycles. The summed E-state index contributed by atoms with van der Waals surface area (Å²) >= 11 is 0. The largest absolute Gasteiger partial charge is 0.372 e. The van der Waals surface area contributed by atoms with Crippen LogP contribution >= 0.6 is 0 Å². The summed E-state index contributed by atoms with van der Waals surface area (Å²) in [5.74, 6) is 0.898. The summed E-state index contributed by atoms with van der Waals surface area (Å²) in [6, 6.07) is 18.5. The normalized spacial score (nSPS) is 16.2. The molecule has 0 saturated heterocycles. The number of aromatic nitrogens is 4. The van der Waals surface area contributed by atoms with Crippen LogP contribution in [0, 0.1) is 6.92 Å². The maximum absolute atomic E-state index is 4.41. The third-order valence-corrected chi connectivity index (χ3v) is 4.87. The van der Waals surface area contributed by atoms with Gasteiger partial charge in [0.1, 0.15) is 0 Å². The first-order chi connectivity index (χ1) is 11.8. The fourth-order valence-corrected chi connectivity index (χ4v) is 3.58. The van der Waals surface area contributed by atoms with Crippen LogP contribution in [0.3, 0.4) is 0 Å². The van der Waals surface area contributed by atoms with Crippen molar-refractivity contribution in [3.63, 3.8) is 0 Å². The summed E-state index contributed by atoms with van der Waals surface area (Å²) in [4.78, 5) is 0. The molecule has 0 atom stereocenters. The van der Waals surface area contributed by atoms with Crippen molar-refractivity contribution in [1.29, 1.82) is 0 Å². The van der Waals surface area contributed by atoms with Gasteiger partial charge in [0.25, 0.3) is 0 Å². The van der Waals surface area contributed by atoms with E-state index in [4.69, 9.17) is 0 Å². The highest BCUT2D eigenvalue weighted by atomic mass is 15.6. The van der Waals surface area contributed by atoms with Crippen molar-refractivity contribution in [2.75, 3.05) is 5.32 Å². The van der Waals surface area contributed by atoms with E-state index in [9.17, 15) is 0 Å². The zero-order valence-corrected chi connectivity index (χ0v) is 13.8. The van der Waals surface area contributed by atoms with Crippen molar-refractivity contribution < 1.29 is 0 Å². The highest BCUT2D eigenvalue weighted by Gasteiger charge is 2.41. The lowest BCUT2D eigenvalue weighted by Crippen LogP contribution is -2.35. The van der Waals surface area contributed by atoms with Crippen molar-refractivity contribution in [3.05, 3.63) is 66.0 Å². The molecule has 1 N–H and O–H groups in total. The van der Waals surface area contributed by atoms with E-state index in [2.05, 4.69) is 52.0 Å². The Labute approximate surface area is 141 Å². The maximum Gasteiger partial charge on any atom is 0.181 e. The molecular weight excluding hydrogens is 298 g/mol. The second-order valence-electron chi connectivity index (χ2n) is 6.48. The number of hydrogen-bond acceptors (Lipinski definition) is 4. The molecule has 122 valence electrons. The monoisotopic (exact) mass is 319 g/mol. The van der Waals surface area contributed by atoms with Crippen molar-refractivity contribution in [2.24, 2.45) is 0 Å². The number of aryl methyl sites for hydroxylation is 1. The summed E-state index contributed by atoms with van der Waals surface area (Å²) < 4.78 is 1.87. The molecule has 24 heavy (non-hydrogen) atoms. The van der Waals surface area contributed by atoms with Gasteiger partial charge in [-0.15, -0.1) is 5.10 Å². The number of anilines is 1. The predicted molar refractivity (Wildman–Crippen MR) is 94.1 cm³/mol. The number of hydrogen-bond donors (Lipinski definition) is 1. The molecule has 2 aromatic carbocycles. The quantitative estimate of drug-likeness (QED) is 0.793. The molecule has 0 bridgehead atoms. The van der Waals surface area contributed by atoms with E-state index in [0.717, 1.165) is 30.0 Å². The molecule has 0 amide bonds. The lowest BCUT2D eigenvalue weighted by molar-refractivity contribution is 0.461. The second kappa shape index (κ2) is 6.07. The molecule has 1 aromatic heterocycles. The van der Waals surface area contributed by atoms with Crippen molar-refractivity contribution in [1.82, 2.24) is 20.2 Å². The van der Waals surface area contributed by atoms with Gasteiger partial charge in [-0.25, -0.2) is 0 Å². The SMILES string of the molecule is Cc1ccccc1NC1(c2nnnn2-c2ccccc2)CCCC1. The van der Waals surface area contributed by atoms with E-state index < -0.39 is 0 Å². The summed E-state index contributed by atoms with van der Waals surface area (Å²) in [5, 5.41) is 16.4. The first-order valence-electron chi connectivity index (χ1n) is 8.47. The van der Waals surface area contributed by atoms with Gasteiger partial charge in [0.2, 0.25) is 0 Å². The smallest absolute Gasteiger partial charge is 0.181 e. The van der Waals surface area contributed by atoms with Crippen molar-refractivity contribution >= 4 is 5.69 Å². The predicted octanol–water partition coefficient (Wildman–Crippen LogP) is 3.85. The standard InChI is InChI=1S/C19H21N5/c1-15-9-5-6-12-17(15)20-19(13-7-8-14-19)18-21-22-23-24(18)16-10-3-2-4-11-16/h2-6,9-12,20H,7-8,13-14H2,1H3. The molecule has 0 radical (unpaired) electrons. The van der Waals surface area contributed by atoms with E-state index in [-0.39, 0.29) is 5.54 Å². The Hall–Kier alpha value is -2.69. The fourth-order valence-electron chi connectivity index (χ4n) is 3.58. The van der Waals surface area contributed by atoms with Crippen molar-refractivity contribution in [2.45, 2.75) is 38.1 Å². The van der Waals surface area contributed by atoms with Gasteiger partial charge in [-0.05, 0) is 54.0 Å². The first-order valence-corrected chi connectivity index (χ1v) is 8.47. The minimum Gasteiger partial charge on any atom is -0.372 e. The summed E-state index contributed by atoms with van der Waals surface area (Å²) in [6.45, 7) is 2.13. The van der Waals surface area contributed by atoms with Crippen LogP contribution in [0.5, 0.6) is 0 Å². The average Bonchev–Trinajstić information content (AvgIpc) is 3.28. The first kappa shape index (κ1) is 14.9. The Balaban J connectivity index is 1.77. The number of nitrogens with zero attached hydrogens (tertiary/aromatic N) is 4. The molecule has 1 fully saturated rings. The summed E-state index contributed by atoms with van der Waals surface area (Å²) in [6.07, 6.45) is 4.43. The molecule has 5 nitrogen and oxygen atoms in total. The number of nitrogens with one attached hydrogen (secondary N) is 1. The molecule has 5 heteroatoms. The Bertz CT molecular complexity index is 819. The molecule has 0 unspecified atom stereocenters. The van der Waals surface area contributed by atoms with Gasteiger partial charge >= 0.3 is 0 Å². The van der Waals surface area contributed by atoms with Gasteiger partial charge in [-0.2, -0.15) is 4.68 Å². The molecular formula is C19H21N5. The molecule has 1 heterocycles. The van der Waals surface area contributed by atoms with Gasteiger partial charge in [0.05, 0.1) is 11.2 Å². The molecule has 4 rings (SSSR count). The lowest BCUT2D eigenvalue weighted by Gasteiger charge is -2.31. The third kappa shape index (κ3) is 2.56. The van der Waals surface area contributed by atoms with Crippen LogP contribution in [0.4, 0.5) is 5.69 Å². The van der Waals surface area contributed by atoms with Crippen LogP contribution in [-0.4, -0.2) is 20.2 Å². The minimum absolute atomic E-state index is 0.217. The Kier molecular flexibility index (Phi) is 3.76. The molecule has 3 aromatic rings. The van der Waals surface area contributed by atoms with E-state index in [0.29, 0.717) is 0 Å². The number of rotatable bonds is 4. The van der Waals surface area contributed by atoms with E-state index in [1.54, 1.807) is 0 Å². The minimum atomic E-state index is -0.217. The number of benzene rings is 2. The second-order valence-corrected chi connectivity index (χ2v) is 6.48. The summed E-state index contributed by atoms with van der Waals surface area (Å²) in [5.41, 5.74) is 3.17. The van der Waals surface area contributed by atoms with Gasteiger partial charge in [-0.3, -0.25) is 0 Å². The van der Waals surface area contributed by atoms with E-state index in [1.807, 2.05) is 35.0 Å². The Morgan fingerprint density at radius 2 is 1.67 bits per heavy atom. The Morgan fingerprint density at radius 3 is 2.42 bits per heavy atom. The van der Waals surface area contributed by atoms with Crippen LogP contribution < -0.4 is 5.32 Å².